The van der Waals surface area contributed by atoms with E-state index in [1.165, 1.54) is 6.07 Å². The van der Waals surface area contributed by atoms with Crippen LogP contribution in [0.15, 0.2) is 18.2 Å². The third kappa shape index (κ3) is 3.65. The monoisotopic (exact) mass is 266 g/mol. The number of nitro benzene ring substituents is 1. The molecule has 1 aliphatic rings. The van der Waals surface area contributed by atoms with Crippen molar-refractivity contribution < 1.29 is 14.4 Å². The second-order valence-corrected chi connectivity index (χ2v) is 4.77. The van der Waals surface area contributed by atoms with Gasteiger partial charge in [0.2, 0.25) is 0 Å². The van der Waals surface area contributed by atoms with Crippen LogP contribution in [0.5, 0.6) is 5.75 Å². The van der Waals surface area contributed by atoms with Gasteiger partial charge in [0.15, 0.2) is 5.75 Å². The van der Waals surface area contributed by atoms with E-state index in [1.54, 1.807) is 12.1 Å². The van der Waals surface area contributed by atoms with Crippen LogP contribution < -0.4 is 10.1 Å². The maximum absolute atomic E-state index is 11.0. The van der Waals surface area contributed by atoms with Crippen molar-refractivity contribution in [2.75, 3.05) is 19.7 Å². The third-order valence-electron chi connectivity index (χ3n) is 2.96. The minimum atomic E-state index is -0.426. The zero-order valence-electron chi connectivity index (χ0n) is 11.1. The van der Waals surface area contributed by atoms with Crippen LogP contribution in [0.25, 0.3) is 0 Å². The van der Waals surface area contributed by atoms with Crippen LogP contribution >= 0.6 is 0 Å². The van der Waals surface area contributed by atoms with Crippen molar-refractivity contribution in [3.05, 3.63) is 33.9 Å². The van der Waals surface area contributed by atoms with Crippen molar-refractivity contribution >= 4 is 5.69 Å². The molecule has 0 amide bonds. The number of aryl methyl sites for hydroxylation is 1. The van der Waals surface area contributed by atoms with Crippen LogP contribution in [-0.2, 0) is 4.74 Å². The summed E-state index contributed by atoms with van der Waals surface area (Å²) in [5.41, 5.74) is 0.833. The zero-order valence-corrected chi connectivity index (χ0v) is 11.1. The fraction of sp³-hybridized carbons (Fsp3) is 0.538. The summed E-state index contributed by atoms with van der Waals surface area (Å²) in [6.45, 7) is 5.62. The topological polar surface area (TPSA) is 73.6 Å². The van der Waals surface area contributed by atoms with Gasteiger partial charge in [-0.05, 0) is 25.5 Å². The Hall–Kier alpha value is -1.66. The second kappa shape index (κ2) is 5.99. The number of rotatable bonds is 4. The van der Waals surface area contributed by atoms with E-state index in [0.717, 1.165) is 12.1 Å². The number of nitrogens with zero attached hydrogens (tertiary/aromatic N) is 1. The molecule has 1 aliphatic heterocycles. The highest BCUT2D eigenvalue weighted by Gasteiger charge is 2.21. The average molecular weight is 266 g/mol. The summed E-state index contributed by atoms with van der Waals surface area (Å²) in [6.07, 6.45) is 0.0556. The molecule has 2 atom stereocenters. The molecule has 1 fully saturated rings. The smallest absolute Gasteiger partial charge is 0.311 e. The first-order chi connectivity index (χ1) is 9.06. The number of nitro groups is 1. The molecule has 104 valence electrons. The van der Waals surface area contributed by atoms with Gasteiger partial charge in [0.1, 0.15) is 12.7 Å². The number of nitrogens with one attached hydrogen (secondary N) is 1. The molecule has 1 aromatic carbocycles. The summed E-state index contributed by atoms with van der Waals surface area (Å²) in [4.78, 5) is 10.5. The Kier molecular flexibility index (Phi) is 4.34. The van der Waals surface area contributed by atoms with E-state index in [1.807, 2.05) is 13.8 Å². The summed E-state index contributed by atoms with van der Waals surface area (Å²) in [5.74, 6) is 0.289. The fourth-order valence-electron chi connectivity index (χ4n) is 2.05. The summed E-state index contributed by atoms with van der Waals surface area (Å²) >= 11 is 0. The average Bonchev–Trinajstić information content (AvgIpc) is 2.37. The minimum absolute atomic E-state index is 0.00295. The molecule has 19 heavy (non-hydrogen) atoms. The van der Waals surface area contributed by atoms with Crippen LogP contribution in [0.3, 0.4) is 0 Å². The Morgan fingerprint density at radius 2 is 2.32 bits per heavy atom. The lowest BCUT2D eigenvalue weighted by Gasteiger charge is -2.28. The predicted molar refractivity (Wildman–Crippen MR) is 70.5 cm³/mol. The standard InChI is InChI=1S/C13H18N2O4/c1-9-3-4-13(12(5-9)15(16)17)18-8-11-7-14-6-10(2)19-11/h3-5,10-11,14H,6-8H2,1-2H3. The number of hydrogen-bond acceptors (Lipinski definition) is 5. The molecule has 2 unspecified atom stereocenters. The first-order valence-corrected chi connectivity index (χ1v) is 6.30. The highest BCUT2D eigenvalue weighted by Crippen LogP contribution is 2.28. The molecule has 1 aromatic rings. The van der Waals surface area contributed by atoms with Gasteiger partial charge in [-0.2, -0.15) is 0 Å². The molecule has 0 bridgehead atoms. The first kappa shape index (κ1) is 13.8. The first-order valence-electron chi connectivity index (χ1n) is 6.30. The van der Waals surface area contributed by atoms with E-state index in [0.29, 0.717) is 13.2 Å². The van der Waals surface area contributed by atoms with Crippen molar-refractivity contribution in [2.45, 2.75) is 26.1 Å². The van der Waals surface area contributed by atoms with Crippen molar-refractivity contribution in [1.29, 1.82) is 0 Å². The van der Waals surface area contributed by atoms with Gasteiger partial charge in [-0.15, -0.1) is 0 Å². The fourth-order valence-corrected chi connectivity index (χ4v) is 2.05. The lowest BCUT2D eigenvalue weighted by molar-refractivity contribution is -0.386. The van der Waals surface area contributed by atoms with Crippen molar-refractivity contribution in [3.63, 3.8) is 0 Å². The van der Waals surface area contributed by atoms with Crippen LogP contribution in [0.2, 0.25) is 0 Å². The maximum Gasteiger partial charge on any atom is 0.311 e. The molecule has 6 nitrogen and oxygen atoms in total. The van der Waals surface area contributed by atoms with E-state index in [9.17, 15) is 10.1 Å². The number of ether oxygens (including phenoxy) is 2. The predicted octanol–water partition coefficient (Wildman–Crippen LogP) is 1.66. The maximum atomic E-state index is 11.0. The molecule has 0 saturated carbocycles. The largest absolute Gasteiger partial charge is 0.484 e. The van der Waals surface area contributed by atoms with E-state index in [2.05, 4.69) is 5.32 Å². The molecular weight excluding hydrogens is 248 g/mol. The molecule has 2 rings (SSSR count). The van der Waals surface area contributed by atoms with Gasteiger partial charge in [0, 0.05) is 19.2 Å². The summed E-state index contributed by atoms with van der Waals surface area (Å²) in [5, 5.41) is 14.2. The molecule has 1 saturated heterocycles. The molecule has 1 N–H and O–H groups in total. The van der Waals surface area contributed by atoms with Crippen LogP contribution in [0, 0.1) is 17.0 Å². The number of hydrogen-bond donors (Lipinski definition) is 1. The molecule has 0 aliphatic carbocycles. The van der Waals surface area contributed by atoms with Crippen molar-refractivity contribution in [1.82, 2.24) is 5.32 Å². The van der Waals surface area contributed by atoms with Crippen LogP contribution in [0.4, 0.5) is 5.69 Å². The van der Waals surface area contributed by atoms with Gasteiger partial charge in [-0.3, -0.25) is 10.1 Å². The van der Waals surface area contributed by atoms with E-state index in [4.69, 9.17) is 9.47 Å². The third-order valence-corrected chi connectivity index (χ3v) is 2.96. The van der Waals surface area contributed by atoms with Crippen molar-refractivity contribution in [2.24, 2.45) is 0 Å². The van der Waals surface area contributed by atoms with Crippen molar-refractivity contribution in [3.8, 4) is 5.75 Å². The molecule has 0 radical (unpaired) electrons. The van der Waals surface area contributed by atoms with Gasteiger partial charge < -0.3 is 14.8 Å². The highest BCUT2D eigenvalue weighted by molar-refractivity contribution is 5.48. The molecular formula is C13H18N2O4. The summed E-state index contributed by atoms with van der Waals surface area (Å²) < 4.78 is 11.2. The lowest BCUT2D eigenvalue weighted by atomic mass is 10.2. The normalized spacial score (nSPS) is 23.1. The highest BCUT2D eigenvalue weighted by atomic mass is 16.6. The van der Waals surface area contributed by atoms with Crippen LogP contribution in [0.1, 0.15) is 12.5 Å². The molecule has 1 heterocycles. The van der Waals surface area contributed by atoms with Gasteiger partial charge in [0.05, 0.1) is 11.0 Å². The molecule has 0 aromatic heterocycles. The minimum Gasteiger partial charge on any atom is -0.484 e. The Morgan fingerprint density at radius 1 is 1.53 bits per heavy atom. The molecule has 0 spiro atoms. The van der Waals surface area contributed by atoms with Gasteiger partial charge in [0.25, 0.3) is 0 Å². The summed E-state index contributed by atoms with van der Waals surface area (Å²) in [6, 6.07) is 4.94. The Balaban J connectivity index is 2.01. The van der Waals surface area contributed by atoms with E-state index < -0.39 is 4.92 Å². The Labute approximate surface area is 111 Å². The number of morpholine rings is 1. The number of benzene rings is 1. The van der Waals surface area contributed by atoms with E-state index >= 15 is 0 Å². The quantitative estimate of drug-likeness (QED) is 0.662. The lowest BCUT2D eigenvalue weighted by Crippen LogP contribution is -2.45. The summed E-state index contributed by atoms with van der Waals surface area (Å²) in [7, 11) is 0. The van der Waals surface area contributed by atoms with Crippen LogP contribution in [-0.4, -0.2) is 36.8 Å². The van der Waals surface area contributed by atoms with Gasteiger partial charge in [-0.25, -0.2) is 0 Å². The zero-order chi connectivity index (χ0) is 13.8. The second-order valence-electron chi connectivity index (χ2n) is 4.77. The molecule has 6 heteroatoms. The SMILES string of the molecule is Cc1ccc(OCC2CNCC(C)O2)c([N+](=O)[O-])c1. The van der Waals surface area contributed by atoms with Gasteiger partial charge in [-0.1, -0.05) is 6.07 Å². The van der Waals surface area contributed by atoms with E-state index in [-0.39, 0.29) is 23.6 Å². The Bertz CT molecular complexity index is 464. The Morgan fingerprint density at radius 3 is 3.00 bits per heavy atom. The van der Waals surface area contributed by atoms with Gasteiger partial charge >= 0.3 is 5.69 Å².